The standard InChI is InChI=1S/C19H25N3O2S/c1-15-18(16(2)23)25-19(20-17-7-4-3-5-8-17)22(15)10-6-9-21-11-13-24-14-12-21/h3-5,7-8H,6,9-14H2,1-2H3. The third kappa shape index (κ3) is 4.66. The lowest BCUT2D eigenvalue weighted by molar-refractivity contribution is 0.0369. The van der Waals surface area contributed by atoms with Crippen molar-refractivity contribution in [2.45, 2.75) is 26.8 Å². The number of hydrogen-bond acceptors (Lipinski definition) is 5. The zero-order valence-corrected chi connectivity index (χ0v) is 15.7. The first-order chi connectivity index (χ1) is 12.1. The number of benzene rings is 1. The lowest BCUT2D eigenvalue weighted by atomic mass is 10.3. The van der Waals surface area contributed by atoms with Crippen LogP contribution in [0.5, 0.6) is 0 Å². The first-order valence-corrected chi connectivity index (χ1v) is 9.58. The summed E-state index contributed by atoms with van der Waals surface area (Å²) in [6, 6.07) is 9.92. The molecule has 2 heterocycles. The van der Waals surface area contributed by atoms with Gasteiger partial charge in [0.2, 0.25) is 0 Å². The molecule has 0 spiro atoms. The van der Waals surface area contributed by atoms with Gasteiger partial charge in [-0.2, -0.15) is 0 Å². The summed E-state index contributed by atoms with van der Waals surface area (Å²) in [5.41, 5.74) is 1.94. The predicted molar refractivity (Wildman–Crippen MR) is 101 cm³/mol. The van der Waals surface area contributed by atoms with Crippen LogP contribution < -0.4 is 4.80 Å². The minimum Gasteiger partial charge on any atom is -0.379 e. The number of para-hydroxylation sites is 1. The molecule has 0 atom stereocenters. The summed E-state index contributed by atoms with van der Waals surface area (Å²) in [5, 5.41) is 0. The monoisotopic (exact) mass is 359 g/mol. The van der Waals surface area contributed by atoms with Gasteiger partial charge in [-0.05, 0) is 25.5 Å². The van der Waals surface area contributed by atoms with Gasteiger partial charge in [0.25, 0.3) is 0 Å². The molecule has 1 aliphatic rings. The van der Waals surface area contributed by atoms with Crippen molar-refractivity contribution >= 4 is 22.8 Å². The molecular weight excluding hydrogens is 334 g/mol. The number of morpholine rings is 1. The fourth-order valence-electron chi connectivity index (χ4n) is 3.05. The van der Waals surface area contributed by atoms with E-state index in [1.807, 2.05) is 37.3 Å². The summed E-state index contributed by atoms with van der Waals surface area (Å²) in [6.45, 7) is 9.24. The van der Waals surface area contributed by atoms with Gasteiger partial charge in [0.05, 0.1) is 23.8 Å². The van der Waals surface area contributed by atoms with Crippen molar-refractivity contribution in [3.63, 3.8) is 0 Å². The Morgan fingerprint density at radius 2 is 1.92 bits per heavy atom. The normalized spacial score (nSPS) is 16.3. The van der Waals surface area contributed by atoms with Crippen LogP contribution >= 0.6 is 11.3 Å². The third-order valence-electron chi connectivity index (χ3n) is 4.42. The van der Waals surface area contributed by atoms with E-state index in [4.69, 9.17) is 9.73 Å². The van der Waals surface area contributed by atoms with Crippen LogP contribution in [-0.2, 0) is 11.3 Å². The second kappa shape index (κ2) is 8.56. The number of nitrogens with zero attached hydrogens (tertiary/aromatic N) is 3. The second-order valence-electron chi connectivity index (χ2n) is 6.26. The van der Waals surface area contributed by atoms with Crippen molar-refractivity contribution in [1.82, 2.24) is 9.47 Å². The second-order valence-corrected chi connectivity index (χ2v) is 7.24. The summed E-state index contributed by atoms with van der Waals surface area (Å²) in [4.78, 5) is 20.8. The van der Waals surface area contributed by atoms with Gasteiger partial charge in [-0.25, -0.2) is 4.99 Å². The van der Waals surface area contributed by atoms with E-state index in [1.54, 1.807) is 6.92 Å². The van der Waals surface area contributed by atoms with E-state index < -0.39 is 0 Å². The number of hydrogen-bond donors (Lipinski definition) is 0. The van der Waals surface area contributed by atoms with E-state index in [1.165, 1.54) is 11.3 Å². The number of thiazole rings is 1. The maximum absolute atomic E-state index is 11.9. The molecule has 3 rings (SSSR count). The van der Waals surface area contributed by atoms with Crippen LogP contribution in [0.2, 0.25) is 0 Å². The molecule has 0 bridgehead atoms. The fraction of sp³-hybridized carbons (Fsp3) is 0.474. The van der Waals surface area contributed by atoms with E-state index in [2.05, 4.69) is 9.47 Å². The summed E-state index contributed by atoms with van der Waals surface area (Å²) in [6.07, 6.45) is 1.04. The highest BCUT2D eigenvalue weighted by Crippen LogP contribution is 2.16. The van der Waals surface area contributed by atoms with Gasteiger partial charge < -0.3 is 9.30 Å². The largest absolute Gasteiger partial charge is 0.379 e. The van der Waals surface area contributed by atoms with E-state index in [0.29, 0.717) is 0 Å². The maximum Gasteiger partial charge on any atom is 0.190 e. The Morgan fingerprint density at radius 3 is 2.60 bits per heavy atom. The number of rotatable bonds is 6. The molecule has 134 valence electrons. The Hall–Kier alpha value is -1.76. The van der Waals surface area contributed by atoms with Crippen LogP contribution in [0.3, 0.4) is 0 Å². The van der Waals surface area contributed by atoms with E-state index in [-0.39, 0.29) is 5.78 Å². The van der Waals surface area contributed by atoms with Crippen molar-refractivity contribution in [2.75, 3.05) is 32.8 Å². The molecule has 1 aliphatic heterocycles. The SMILES string of the molecule is CC(=O)c1sc(=Nc2ccccc2)n(CCCN2CCOCC2)c1C. The van der Waals surface area contributed by atoms with Gasteiger partial charge in [-0.15, -0.1) is 0 Å². The molecule has 0 N–H and O–H groups in total. The summed E-state index contributed by atoms with van der Waals surface area (Å²) >= 11 is 1.49. The lowest BCUT2D eigenvalue weighted by Gasteiger charge is -2.26. The van der Waals surface area contributed by atoms with Crippen molar-refractivity contribution in [1.29, 1.82) is 0 Å². The van der Waals surface area contributed by atoms with Crippen LogP contribution in [-0.4, -0.2) is 48.1 Å². The van der Waals surface area contributed by atoms with Gasteiger partial charge in [0.1, 0.15) is 0 Å². The lowest BCUT2D eigenvalue weighted by Crippen LogP contribution is -2.37. The number of ether oxygens (including phenoxy) is 1. The van der Waals surface area contributed by atoms with Crippen molar-refractivity contribution in [2.24, 2.45) is 4.99 Å². The van der Waals surface area contributed by atoms with Gasteiger partial charge in [-0.3, -0.25) is 9.69 Å². The minimum atomic E-state index is 0.110. The Bertz CT molecular complexity index is 774. The maximum atomic E-state index is 11.9. The Kier molecular flexibility index (Phi) is 6.18. The Balaban J connectivity index is 1.81. The highest BCUT2D eigenvalue weighted by molar-refractivity contribution is 7.11. The molecule has 1 aromatic heterocycles. The zero-order chi connectivity index (χ0) is 17.6. The molecule has 1 aromatic carbocycles. The van der Waals surface area contributed by atoms with Gasteiger partial charge in [0, 0.05) is 38.8 Å². The Morgan fingerprint density at radius 1 is 1.20 bits per heavy atom. The zero-order valence-electron chi connectivity index (χ0n) is 14.9. The average molecular weight is 359 g/mol. The van der Waals surface area contributed by atoms with Crippen molar-refractivity contribution < 1.29 is 9.53 Å². The number of aromatic nitrogens is 1. The fourth-order valence-corrected chi connectivity index (χ4v) is 4.12. The van der Waals surface area contributed by atoms with Gasteiger partial charge in [-0.1, -0.05) is 29.5 Å². The van der Waals surface area contributed by atoms with Gasteiger partial charge in [0.15, 0.2) is 10.6 Å². The molecule has 0 saturated carbocycles. The van der Waals surface area contributed by atoms with Crippen LogP contribution in [0.4, 0.5) is 5.69 Å². The first kappa shape index (κ1) is 18.0. The minimum absolute atomic E-state index is 0.110. The molecule has 5 nitrogen and oxygen atoms in total. The van der Waals surface area contributed by atoms with Crippen LogP contribution in [0, 0.1) is 6.92 Å². The third-order valence-corrected chi connectivity index (χ3v) is 5.70. The molecule has 6 heteroatoms. The van der Waals surface area contributed by atoms with Crippen LogP contribution in [0.25, 0.3) is 0 Å². The number of carbonyl (C=O) groups excluding carboxylic acids is 1. The molecule has 0 aliphatic carbocycles. The predicted octanol–water partition coefficient (Wildman–Crippen LogP) is 3.02. The molecule has 1 saturated heterocycles. The molecule has 2 aromatic rings. The van der Waals surface area contributed by atoms with Crippen molar-refractivity contribution in [3.05, 3.63) is 45.7 Å². The van der Waals surface area contributed by atoms with Gasteiger partial charge >= 0.3 is 0 Å². The molecular formula is C19H25N3O2S. The smallest absolute Gasteiger partial charge is 0.190 e. The summed E-state index contributed by atoms with van der Waals surface area (Å²) in [5.74, 6) is 0.110. The highest BCUT2D eigenvalue weighted by Gasteiger charge is 2.14. The van der Waals surface area contributed by atoms with E-state index in [0.717, 1.165) is 66.9 Å². The molecule has 25 heavy (non-hydrogen) atoms. The number of carbonyl (C=O) groups is 1. The number of Topliss-reactive ketones (excluding diaryl/α,β-unsaturated/α-hetero) is 1. The van der Waals surface area contributed by atoms with Crippen LogP contribution in [0.1, 0.15) is 28.7 Å². The topological polar surface area (TPSA) is 46.8 Å². The van der Waals surface area contributed by atoms with E-state index in [9.17, 15) is 4.79 Å². The first-order valence-electron chi connectivity index (χ1n) is 8.76. The molecule has 0 radical (unpaired) electrons. The average Bonchev–Trinajstić information content (AvgIpc) is 2.93. The summed E-state index contributed by atoms with van der Waals surface area (Å²) in [7, 11) is 0. The number of ketones is 1. The quantitative estimate of drug-likeness (QED) is 0.745. The van der Waals surface area contributed by atoms with E-state index >= 15 is 0 Å². The Labute approximate surface area is 152 Å². The summed E-state index contributed by atoms with van der Waals surface area (Å²) < 4.78 is 7.59. The molecule has 0 unspecified atom stereocenters. The molecule has 1 fully saturated rings. The molecule has 0 amide bonds. The van der Waals surface area contributed by atoms with Crippen molar-refractivity contribution in [3.8, 4) is 0 Å². The highest BCUT2D eigenvalue weighted by atomic mass is 32.1. The van der Waals surface area contributed by atoms with Crippen LogP contribution in [0.15, 0.2) is 35.3 Å².